The molecule has 0 spiro atoms. The van der Waals surface area contributed by atoms with Crippen LogP contribution in [0.5, 0.6) is 0 Å². The number of anilines is 1. The van der Waals surface area contributed by atoms with Crippen LogP contribution in [0.25, 0.3) is 0 Å². The van der Waals surface area contributed by atoms with Gasteiger partial charge in [-0.25, -0.2) is 4.98 Å². The third-order valence-electron chi connectivity index (χ3n) is 2.79. The van der Waals surface area contributed by atoms with Gasteiger partial charge in [0.15, 0.2) is 0 Å². The van der Waals surface area contributed by atoms with Gasteiger partial charge in [-0.15, -0.1) is 0 Å². The minimum atomic E-state index is -0.101. The summed E-state index contributed by atoms with van der Waals surface area (Å²) in [5, 5.41) is 0. The molecule has 0 aromatic carbocycles. The molecule has 0 aliphatic rings. The molecule has 0 aliphatic heterocycles. The molecule has 5 nitrogen and oxygen atoms in total. The van der Waals surface area contributed by atoms with Crippen LogP contribution in [0.3, 0.4) is 0 Å². The van der Waals surface area contributed by atoms with E-state index >= 15 is 0 Å². The first-order valence-corrected chi connectivity index (χ1v) is 6.71. The predicted molar refractivity (Wildman–Crippen MR) is 78.3 cm³/mol. The molecule has 0 fully saturated rings. The van der Waals surface area contributed by atoms with Crippen LogP contribution in [0.15, 0.2) is 11.1 Å². The van der Waals surface area contributed by atoms with Crippen LogP contribution in [0.1, 0.15) is 20.3 Å². The van der Waals surface area contributed by atoms with Crippen LogP contribution in [-0.4, -0.2) is 29.6 Å². The highest BCUT2D eigenvalue weighted by molar-refractivity contribution is 14.1. The van der Waals surface area contributed by atoms with Gasteiger partial charge < -0.3 is 15.6 Å². The molecule has 0 amide bonds. The van der Waals surface area contributed by atoms with Gasteiger partial charge in [-0.3, -0.25) is 4.79 Å². The van der Waals surface area contributed by atoms with E-state index in [1.165, 1.54) is 6.33 Å². The molecule has 1 aromatic heterocycles. The van der Waals surface area contributed by atoms with E-state index in [0.717, 1.165) is 13.0 Å². The largest absolute Gasteiger partial charge is 0.359 e. The fourth-order valence-electron chi connectivity index (χ4n) is 1.42. The van der Waals surface area contributed by atoms with Crippen LogP contribution >= 0.6 is 22.6 Å². The Balaban J connectivity index is 2.67. The zero-order valence-electron chi connectivity index (χ0n) is 10.4. The van der Waals surface area contributed by atoms with E-state index in [0.29, 0.717) is 15.3 Å². The summed E-state index contributed by atoms with van der Waals surface area (Å²) in [6, 6.07) is 0.178. The Morgan fingerprint density at radius 3 is 2.82 bits per heavy atom. The van der Waals surface area contributed by atoms with E-state index in [1.807, 2.05) is 34.5 Å². The number of nitrogens with two attached hydrogens (primary N) is 1. The van der Waals surface area contributed by atoms with Crippen molar-refractivity contribution in [3.63, 3.8) is 0 Å². The van der Waals surface area contributed by atoms with Gasteiger partial charge in [0, 0.05) is 19.6 Å². The minimum absolute atomic E-state index is 0.101. The Kier molecular flexibility index (Phi) is 5.38. The monoisotopic (exact) mass is 350 g/mol. The Labute approximate surface area is 115 Å². The number of nitrogens with one attached hydrogen (secondary N) is 1. The highest BCUT2D eigenvalue weighted by Gasteiger charge is 2.13. The van der Waals surface area contributed by atoms with Crippen molar-refractivity contribution in [1.82, 2.24) is 9.97 Å². The van der Waals surface area contributed by atoms with Crippen molar-refractivity contribution in [1.29, 1.82) is 0 Å². The molecule has 1 heterocycles. The first kappa shape index (κ1) is 14.4. The molecular weight excluding hydrogens is 331 g/mol. The van der Waals surface area contributed by atoms with Gasteiger partial charge in [0.2, 0.25) is 0 Å². The SMILES string of the molecule is CC(C)C(N)CCN(C)c1nc[nH]c(=O)c1I. The molecular formula is C11H19IN4O. The summed E-state index contributed by atoms with van der Waals surface area (Å²) in [6.45, 7) is 5.02. The molecule has 0 aliphatic carbocycles. The zero-order valence-corrected chi connectivity index (χ0v) is 12.6. The smallest absolute Gasteiger partial charge is 0.266 e. The quantitative estimate of drug-likeness (QED) is 0.783. The van der Waals surface area contributed by atoms with Gasteiger partial charge in [-0.2, -0.15) is 0 Å². The van der Waals surface area contributed by atoms with Gasteiger partial charge in [0.05, 0.1) is 6.33 Å². The van der Waals surface area contributed by atoms with Crippen molar-refractivity contribution < 1.29 is 0 Å². The third kappa shape index (κ3) is 3.95. The van der Waals surface area contributed by atoms with Gasteiger partial charge in [0.25, 0.3) is 5.56 Å². The standard InChI is InChI=1S/C11H19IN4O/c1-7(2)8(13)4-5-16(3)10-9(12)11(17)15-6-14-10/h6-8H,4-5,13H2,1-3H3,(H,14,15,17). The van der Waals surface area contributed by atoms with E-state index in [4.69, 9.17) is 5.73 Å². The van der Waals surface area contributed by atoms with Gasteiger partial charge in [-0.05, 0) is 34.9 Å². The number of hydrogen-bond acceptors (Lipinski definition) is 4. The van der Waals surface area contributed by atoms with Gasteiger partial charge in [-0.1, -0.05) is 13.8 Å². The maximum atomic E-state index is 11.4. The number of aromatic nitrogens is 2. The van der Waals surface area contributed by atoms with E-state index < -0.39 is 0 Å². The van der Waals surface area contributed by atoms with Gasteiger partial charge in [0.1, 0.15) is 9.39 Å². The Morgan fingerprint density at radius 1 is 1.59 bits per heavy atom. The minimum Gasteiger partial charge on any atom is -0.359 e. The fraction of sp³-hybridized carbons (Fsp3) is 0.636. The van der Waals surface area contributed by atoms with Crippen LogP contribution in [0, 0.1) is 9.49 Å². The van der Waals surface area contributed by atoms with Crippen LogP contribution in [-0.2, 0) is 0 Å². The third-order valence-corrected chi connectivity index (χ3v) is 3.77. The summed E-state index contributed by atoms with van der Waals surface area (Å²) in [6.07, 6.45) is 2.32. The van der Waals surface area contributed by atoms with Crippen LogP contribution in [0.2, 0.25) is 0 Å². The summed E-state index contributed by atoms with van der Waals surface area (Å²) in [5.41, 5.74) is 5.89. The average molecular weight is 350 g/mol. The van der Waals surface area contributed by atoms with Crippen LogP contribution < -0.4 is 16.2 Å². The lowest BCUT2D eigenvalue weighted by Crippen LogP contribution is -2.33. The summed E-state index contributed by atoms with van der Waals surface area (Å²) >= 11 is 2.01. The molecule has 6 heteroatoms. The molecule has 1 aromatic rings. The number of H-pyrrole nitrogens is 1. The molecule has 1 rings (SSSR count). The molecule has 0 saturated carbocycles. The Hall–Kier alpha value is -0.630. The van der Waals surface area contributed by atoms with E-state index in [2.05, 4.69) is 23.8 Å². The lowest BCUT2D eigenvalue weighted by atomic mass is 10.0. The van der Waals surface area contributed by atoms with Crippen molar-refractivity contribution in [2.75, 3.05) is 18.5 Å². The molecule has 0 radical (unpaired) electrons. The molecule has 0 bridgehead atoms. The number of rotatable bonds is 5. The summed E-state index contributed by atoms with van der Waals surface area (Å²) in [5.74, 6) is 1.18. The fourth-order valence-corrected chi connectivity index (χ4v) is 2.13. The highest BCUT2D eigenvalue weighted by atomic mass is 127. The second-order valence-corrected chi connectivity index (χ2v) is 5.57. The number of aromatic amines is 1. The van der Waals surface area contributed by atoms with Crippen molar-refractivity contribution in [3.05, 3.63) is 20.3 Å². The lowest BCUT2D eigenvalue weighted by molar-refractivity contribution is 0.465. The second kappa shape index (κ2) is 6.34. The first-order valence-electron chi connectivity index (χ1n) is 5.63. The van der Waals surface area contributed by atoms with E-state index in [1.54, 1.807) is 0 Å². The second-order valence-electron chi connectivity index (χ2n) is 4.49. The van der Waals surface area contributed by atoms with Crippen molar-refractivity contribution in [2.24, 2.45) is 11.7 Å². The normalized spacial score (nSPS) is 12.8. The first-order chi connectivity index (χ1) is 7.93. The molecule has 0 saturated heterocycles. The summed E-state index contributed by atoms with van der Waals surface area (Å²) in [4.78, 5) is 20.1. The topological polar surface area (TPSA) is 75.0 Å². The Morgan fingerprint density at radius 2 is 2.24 bits per heavy atom. The summed E-state index contributed by atoms with van der Waals surface area (Å²) < 4.78 is 0.616. The molecule has 1 atom stereocenters. The maximum absolute atomic E-state index is 11.4. The average Bonchev–Trinajstić information content (AvgIpc) is 2.29. The maximum Gasteiger partial charge on any atom is 0.266 e. The number of halogens is 1. The number of nitrogens with zero attached hydrogens (tertiary/aromatic N) is 2. The Bertz CT molecular complexity index is 418. The summed E-state index contributed by atoms with van der Waals surface area (Å²) in [7, 11) is 1.93. The molecule has 1 unspecified atom stereocenters. The highest BCUT2D eigenvalue weighted by Crippen LogP contribution is 2.14. The predicted octanol–water partition coefficient (Wildman–Crippen LogP) is 1.18. The van der Waals surface area contributed by atoms with E-state index in [9.17, 15) is 4.79 Å². The van der Waals surface area contributed by atoms with Crippen molar-refractivity contribution >= 4 is 28.4 Å². The van der Waals surface area contributed by atoms with Crippen molar-refractivity contribution in [2.45, 2.75) is 26.3 Å². The van der Waals surface area contributed by atoms with Crippen LogP contribution in [0.4, 0.5) is 5.82 Å². The van der Waals surface area contributed by atoms with Crippen molar-refractivity contribution in [3.8, 4) is 0 Å². The molecule has 96 valence electrons. The molecule has 17 heavy (non-hydrogen) atoms. The van der Waals surface area contributed by atoms with E-state index in [-0.39, 0.29) is 11.6 Å². The van der Waals surface area contributed by atoms with Gasteiger partial charge >= 0.3 is 0 Å². The zero-order chi connectivity index (χ0) is 13.0. The number of hydrogen-bond donors (Lipinski definition) is 2. The molecule has 3 N–H and O–H groups in total. The lowest BCUT2D eigenvalue weighted by Gasteiger charge is -2.22.